The molecule has 5 heteroatoms. The first kappa shape index (κ1) is 9.92. The highest BCUT2D eigenvalue weighted by Gasteiger charge is 1.93. The molecule has 0 bridgehead atoms. The molecule has 0 aliphatic carbocycles. The van der Waals surface area contributed by atoms with Crippen molar-refractivity contribution in [3.05, 3.63) is 52.7 Å². The standard InChI is InChI=1S/C10H8BrN3O/c11-8-4-3-5-9(12-8)13-10-6-1-2-7-14(10)15/h1-7,15H. The Morgan fingerprint density at radius 3 is 2.80 bits per heavy atom. The van der Waals surface area contributed by atoms with Gasteiger partial charge in [-0.3, -0.25) is 0 Å². The summed E-state index contributed by atoms with van der Waals surface area (Å²) in [4.78, 5) is 8.31. The zero-order valence-corrected chi connectivity index (χ0v) is 9.29. The first-order chi connectivity index (χ1) is 7.25. The second-order valence-corrected chi connectivity index (χ2v) is 3.65. The summed E-state index contributed by atoms with van der Waals surface area (Å²) in [7, 11) is 0. The van der Waals surface area contributed by atoms with Crippen molar-refractivity contribution in [2.24, 2.45) is 4.99 Å². The lowest BCUT2D eigenvalue weighted by atomic mass is 10.4. The zero-order valence-electron chi connectivity index (χ0n) is 7.71. The Morgan fingerprint density at radius 1 is 1.20 bits per heavy atom. The van der Waals surface area contributed by atoms with Crippen molar-refractivity contribution in [3.63, 3.8) is 0 Å². The van der Waals surface area contributed by atoms with Crippen molar-refractivity contribution < 1.29 is 5.21 Å². The predicted molar refractivity (Wildman–Crippen MR) is 58.8 cm³/mol. The minimum Gasteiger partial charge on any atom is -0.427 e. The minimum atomic E-state index is 0.433. The molecule has 2 aromatic rings. The average Bonchev–Trinajstić information content (AvgIpc) is 2.22. The summed E-state index contributed by atoms with van der Waals surface area (Å²) in [5, 5.41) is 9.42. The Hall–Kier alpha value is -1.62. The average molecular weight is 266 g/mol. The predicted octanol–water partition coefficient (Wildman–Crippen LogP) is 2.12. The van der Waals surface area contributed by atoms with Crippen molar-refractivity contribution in [3.8, 4) is 0 Å². The van der Waals surface area contributed by atoms with Crippen molar-refractivity contribution in [1.82, 2.24) is 9.71 Å². The van der Waals surface area contributed by atoms with Crippen LogP contribution in [0, 0.1) is 0 Å². The maximum absolute atomic E-state index is 9.42. The molecule has 0 radical (unpaired) electrons. The molecule has 1 N–H and O–H groups in total. The van der Waals surface area contributed by atoms with Gasteiger partial charge in [0, 0.05) is 6.20 Å². The molecule has 0 atom stereocenters. The number of halogens is 1. The largest absolute Gasteiger partial charge is 0.427 e. The van der Waals surface area contributed by atoms with Crippen LogP contribution in [0.5, 0.6) is 0 Å². The fourth-order valence-electron chi connectivity index (χ4n) is 1.09. The van der Waals surface area contributed by atoms with E-state index in [1.807, 2.05) is 12.1 Å². The fraction of sp³-hybridized carbons (Fsp3) is 0. The van der Waals surface area contributed by atoms with Gasteiger partial charge in [-0.25, -0.2) is 9.98 Å². The van der Waals surface area contributed by atoms with Crippen LogP contribution in [-0.2, 0) is 0 Å². The molecule has 0 amide bonds. The van der Waals surface area contributed by atoms with E-state index in [1.54, 1.807) is 24.3 Å². The van der Waals surface area contributed by atoms with Gasteiger partial charge in [-0.1, -0.05) is 12.1 Å². The van der Waals surface area contributed by atoms with Gasteiger partial charge in [-0.05, 0) is 40.2 Å². The van der Waals surface area contributed by atoms with E-state index < -0.39 is 0 Å². The fourth-order valence-corrected chi connectivity index (χ4v) is 1.43. The quantitative estimate of drug-likeness (QED) is 0.634. The van der Waals surface area contributed by atoms with Gasteiger partial charge in [-0.2, -0.15) is 4.73 Å². The normalized spacial score (nSPS) is 11.7. The number of aromatic nitrogens is 2. The monoisotopic (exact) mass is 265 g/mol. The van der Waals surface area contributed by atoms with Gasteiger partial charge >= 0.3 is 0 Å². The molecule has 76 valence electrons. The molecule has 0 saturated carbocycles. The lowest BCUT2D eigenvalue weighted by Crippen LogP contribution is -2.16. The molecule has 0 saturated heterocycles. The Labute approximate surface area is 94.6 Å². The lowest BCUT2D eigenvalue weighted by Gasteiger charge is -1.97. The number of nitrogens with zero attached hydrogens (tertiary/aromatic N) is 3. The lowest BCUT2D eigenvalue weighted by molar-refractivity contribution is 0.172. The molecule has 15 heavy (non-hydrogen) atoms. The van der Waals surface area contributed by atoms with E-state index in [0.29, 0.717) is 15.9 Å². The summed E-state index contributed by atoms with van der Waals surface area (Å²) in [5.41, 5.74) is 0.433. The molecule has 0 aliphatic rings. The SMILES string of the molecule is On1ccccc1=Nc1cccc(Br)n1. The zero-order chi connectivity index (χ0) is 10.7. The van der Waals surface area contributed by atoms with E-state index in [9.17, 15) is 5.21 Å². The van der Waals surface area contributed by atoms with Gasteiger partial charge in [0.1, 0.15) is 4.60 Å². The van der Waals surface area contributed by atoms with Gasteiger partial charge in [0.15, 0.2) is 11.3 Å². The van der Waals surface area contributed by atoms with E-state index in [-0.39, 0.29) is 0 Å². The Morgan fingerprint density at radius 2 is 2.07 bits per heavy atom. The molecule has 2 aromatic heterocycles. The summed E-state index contributed by atoms with van der Waals surface area (Å²) in [5.74, 6) is 0.540. The Balaban J connectivity index is 2.51. The van der Waals surface area contributed by atoms with Crippen LogP contribution >= 0.6 is 15.9 Å². The number of pyridine rings is 2. The molecule has 0 fully saturated rings. The molecule has 2 heterocycles. The summed E-state index contributed by atoms with van der Waals surface area (Å²) in [6.45, 7) is 0. The smallest absolute Gasteiger partial charge is 0.170 e. The second kappa shape index (κ2) is 4.27. The van der Waals surface area contributed by atoms with Crippen LogP contribution in [0.4, 0.5) is 5.82 Å². The first-order valence-electron chi connectivity index (χ1n) is 4.30. The van der Waals surface area contributed by atoms with Gasteiger partial charge in [-0.15, -0.1) is 0 Å². The van der Waals surface area contributed by atoms with Crippen LogP contribution in [-0.4, -0.2) is 14.9 Å². The van der Waals surface area contributed by atoms with Crippen molar-refractivity contribution in [2.45, 2.75) is 0 Å². The number of hydrogen-bond acceptors (Lipinski definition) is 3. The van der Waals surface area contributed by atoms with Gasteiger partial charge < -0.3 is 5.21 Å². The molecule has 4 nitrogen and oxygen atoms in total. The molecule has 0 unspecified atom stereocenters. The van der Waals surface area contributed by atoms with Gasteiger partial charge in [0.2, 0.25) is 0 Å². The van der Waals surface area contributed by atoms with Crippen molar-refractivity contribution in [2.75, 3.05) is 0 Å². The van der Waals surface area contributed by atoms with E-state index in [2.05, 4.69) is 25.9 Å². The summed E-state index contributed by atoms with van der Waals surface area (Å²) in [6, 6.07) is 10.6. The van der Waals surface area contributed by atoms with Crippen LogP contribution in [0.15, 0.2) is 52.2 Å². The molecular weight excluding hydrogens is 258 g/mol. The minimum absolute atomic E-state index is 0.433. The van der Waals surface area contributed by atoms with Crippen LogP contribution in [0.3, 0.4) is 0 Å². The molecule has 0 aromatic carbocycles. The number of rotatable bonds is 1. The van der Waals surface area contributed by atoms with E-state index in [1.165, 1.54) is 6.20 Å². The summed E-state index contributed by atoms with van der Waals surface area (Å²) >= 11 is 3.25. The topological polar surface area (TPSA) is 50.4 Å². The maximum Gasteiger partial charge on any atom is 0.170 e. The van der Waals surface area contributed by atoms with Crippen LogP contribution < -0.4 is 5.49 Å². The summed E-state index contributed by atoms with van der Waals surface area (Å²) < 4.78 is 1.66. The Kier molecular flexibility index (Phi) is 2.82. The van der Waals surface area contributed by atoms with E-state index in [0.717, 1.165) is 4.73 Å². The van der Waals surface area contributed by atoms with E-state index >= 15 is 0 Å². The highest BCUT2D eigenvalue weighted by molar-refractivity contribution is 9.10. The van der Waals surface area contributed by atoms with Gasteiger partial charge in [0.05, 0.1) is 0 Å². The van der Waals surface area contributed by atoms with Crippen LogP contribution in [0.2, 0.25) is 0 Å². The molecule has 0 spiro atoms. The van der Waals surface area contributed by atoms with Crippen molar-refractivity contribution in [1.29, 1.82) is 0 Å². The highest BCUT2D eigenvalue weighted by Crippen LogP contribution is 2.11. The van der Waals surface area contributed by atoms with Gasteiger partial charge in [0.25, 0.3) is 0 Å². The maximum atomic E-state index is 9.42. The summed E-state index contributed by atoms with van der Waals surface area (Å²) in [6.07, 6.45) is 1.51. The molecule has 0 aliphatic heterocycles. The second-order valence-electron chi connectivity index (χ2n) is 2.83. The molecular formula is C10H8BrN3O. The molecule has 2 rings (SSSR count). The number of hydrogen-bond donors (Lipinski definition) is 1. The third-order valence-electron chi connectivity index (χ3n) is 1.75. The first-order valence-corrected chi connectivity index (χ1v) is 5.09. The highest BCUT2D eigenvalue weighted by atomic mass is 79.9. The third-order valence-corrected chi connectivity index (χ3v) is 2.19. The third kappa shape index (κ3) is 2.44. The van der Waals surface area contributed by atoms with Crippen LogP contribution in [0.25, 0.3) is 0 Å². The van der Waals surface area contributed by atoms with Crippen LogP contribution in [0.1, 0.15) is 0 Å². The van der Waals surface area contributed by atoms with E-state index in [4.69, 9.17) is 0 Å². The Bertz CT molecular complexity index is 536. The van der Waals surface area contributed by atoms with Crippen molar-refractivity contribution >= 4 is 21.7 Å².